The molecule has 3 aromatic carbocycles. The first-order valence-corrected chi connectivity index (χ1v) is 9.34. The lowest BCUT2D eigenvalue weighted by atomic mass is 10.1. The van der Waals surface area contributed by atoms with Gasteiger partial charge in [0.05, 0.1) is 0 Å². The van der Waals surface area contributed by atoms with Crippen molar-refractivity contribution in [3.63, 3.8) is 0 Å². The second kappa shape index (κ2) is 6.25. The number of benzene rings is 3. The molecule has 5 heteroatoms. The standard InChI is InChI=1S/C21H14NO3P/c1-3-11-18-16(9-1)17-10-2-4-12-19(17)24-26(23-18)25-20-13-5-7-15-8-6-14-22-21(15)20/h1-14H. The highest BCUT2D eigenvalue weighted by Gasteiger charge is 2.10. The molecule has 0 unspecified atom stereocenters. The van der Waals surface area contributed by atoms with Gasteiger partial charge in [-0.25, -0.2) is 0 Å². The van der Waals surface area contributed by atoms with Crippen LogP contribution in [0.4, 0.5) is 0 Å². The second-order valence-electron chi connectivity index (χ2n) is 5.82. The van der Waals surface area contributed by atoms with Gasteiger partial charge in [-0.3, -0.25) is 4.98 Å². The summed E-state index contributed by atoms with van der Waals surface area (Å²) in [5, 5.41) is 3.00. The van der Waals surface area contributed by atoms with Crippen LogP contribution in [0.25, 0.3) is 32.8 Å². The lowest BCUT2D eigenvalue weighted by Gasteiger charge is -2.04. The molecule has 26 heavy (non-hydrogen) atoms. The SMILES string of the molecule is c1cnc2c(Op3oc4ccccc4c4ccccc4o3)cccc2c1. The quantitative estimate of drug-likeness (QED) is 0.353. The minimum atomic E-state index is -1.66. The molecule has 0 aliphatic heterocycles. The number of pyridine rings is 1. The first kappa shape index (κ1) is 15.1. The highest BCUT2D eigenvalue weighted by molar-refractivity contribution is 7.32. The molecule has 0 aliphatic rings. The van der Waals surface area contributed by atoms with E-state index in [1.807, 2.05) is 78.9 Å². The van der Waals surface area contributed by atoms with E-state index in [0.717, 1.165) is 32.8 Å². The molecule has 0 saturated carbocycles. The Labute approximate surface area is 150 Å². The number of hydrogen-bond donors (Lipinski definition) is 0. The molecule has 0 saturated heterocycles. The average Bonchev–Trinajstić information content (AvgIpc) is 2.85. The van der Waals surface area contributed by atoms with Crippen LogP contribution in [-0.4, -0.2) is 4.98 Å². The van der Waals surface area contributed by atoms with Crippen molar-refractivity contribution in [2.24, 2.45) is 0 Å². The van der Waals surface area contributed by atoms with Gasteiger partial charge in [0.1, 0.15) is 16.7 Å². The lowest BCUT2D eigenvalue weighted by Crippen LogP contribution is -1.84. The third-order valence-electron chi connectivity index (χ3n) is 4.18. The van der Waals surface area contributed by atoms with Crippen LogP contribution in [0.3, 0.4) is 0 Å². The van der Waals surface area contributed by atoms with E-state index in [0.29, 0.717) is 5.75 Å². The van der Waals surface area contributed by atoms with Crippen molar-refractivity contribution in [2.75, 3.05) is 0 Å². The van der Waals surface area contributed by atoms with Crippen molar-refractivity contribution in [1.82, 2.24) is 4.98 Å². The Kier molecular flexibility index (Phi) is 3.62. The molecular formula is C21H14NO3P. The predicted octanol–water partition coefficient (Wildman–Crippen LogP) is 6.68. The zero-order chi connectivity index (χ0) is 17.3. The Balaban J connectivity index is 1.76. The summed E-state index contributed by atoms with van der Waals surface area (Å²) in [4.78, 5) is 4.43. The molecule has 0 fully saturated rings. The number of rotatable bonds is 2. The maximum absolute atomic E-state index is 6.12. The summed E-state index contributed by atoms with van der Waals surface area (Å²) in [5.74, 6) is 0.645. The second-order valence-corrected chi connectivity index (χ2v) is 6.82. The Morgan fingerprint density at radius 1 is 0.692 bits per heavy atom. The van der Waals surface area contributed by atoms with Crippen molar-refractivity contribution < 1.29 is 12.9 Å². The summed E-state index contributed by atoms with van der Waals surface area (Å²) in [6, 6.07) is 25.5. The fourth-order valence-electron chi connectivity index (χ4n) is 2.98. The van der Waals surface area contributed by atoms with Gasteiger partial charge in [0, 0.05) is 22.4 Å². The zero-order valence-electron chi connectivity index (χ0n) is 13.7. The predicted molar refractivity (Wildman–Crippen MR) is 104 cm³/mol. The number of fused-ring (bicyclic) bond motifs is 4. The maximum Gasteiger partial charge on any atom is 0.453 e. The molecule has 0 bridgehead atoms. The van der Waals surface area contributed by atoms with Gasteiger partial charge in [-0.15, -0.1) is 0 Å². The minimum Gasteiger partial charge on any atom is -0.390 e. The summed E-state index contributed by atoms with van der Waals surface area (Å²) in [6.45, 7) is 0. The summed E-state index contributed by atoms with van der Waals surface area (Å²) in [7, 11) is -1.66. The molecule has 0 aliphatic carbocycles. The normalized spacial score (nSPS) is 11.1. The van der Waals surface area contributed by atoms with E-state index in [-0.39, 0.29) is 0 Å². The summed E-state index contributed by atoms with van der Waals surface area (Å²) < 4.78 is 18.3. The molecule has 5 rings (SSSR count). The summed E-state index contributed by atoms with van der Waals surface area (Å²) >= 11 is 0. The van der Waals surface area contributed by atoms with Crippen molar-refractivity contribution >= 4 is 41.1 Å². The minimum absolute atomic E-state index is 0.645. The first-order valence-electron chi connectivity index (χ1n) is 8.25. The highest BCUT2D eigenvalue weighted by Crippen LogP contribution is 2.38. The molecule has 0 atom stereocenters. The number of nitrogens with zero attached hydrogens (tertiary/aromatic N) is 1. The number of hydrogen-bond acceptors (Lipinski definition) is 4. The summed E-state index contributed by atoms with van der Waals surface area (Å²) in [6.07, 6.45) is 1.75. The molecule has 5 aromatic rings. The lowest BCUT2D eigenvalue weighted by molar-refractivity contribution is 0.501. The maximum atomic E-state index is 6.12. The van der Waals surface area contributed by atoms with E-state index in [4.69, 9.17) is 12.9 Å². The van der Waals surface area contributed by atoms with Crippen molar-refractivity contribution in [2.45, 2.75) is 0 Å². The van der Waals surface area contributed by atoms with Gasteiger partial charge >= 0.3 is 8.24 Å². The Hall–Kier alpha value is -3.23. The molecule has 4 nitrogen and oxygen atoms in total. The molecule has 0 N–H and O–H groups in total. The Bertz CT molecular complexity index is 1220. The fraction of sp³-hybridized carbons (Fsp3) is 0. The van der Waals surface area contributed by atoms with Crippen LogP contribution in [0.1, 0.15) is 0 Å². The van der Waals surface area contributed by atoms with Crippen molar-refractivity contribution in [1.29, 1.82) is 0 Å². The van der Waals surface area contributed by atoms with E-state index >= 15 is 0 Å². The van der Waals surface area contributed by atoms with Gasteiger partial charge in [-0.2, -0.15) is 0 Å². The molecular weight excluding hydrogens is 345 g/mol. The van der Waals surface area contributed by atoms with Crippen molar-refractivity contribution in [3.8, 4) is 5.75 Å². The van der Waals surface area contributed by atoms with Gasteiger partial charge in [-0.05, 0) is 24.3 Å². The zero-order valence-corrected chi connectivity index (χ0v) is 14.6. The smallest absolute Gasteiger partial charge is 0.390 e. The number of aromatic nitrogens is 1. The third-order valence-corrected chi connectivity index (χ3v) is 5.22. The highest BCUT2D eigenvalue weighted by atomic mass is 31.1. The molecule has 2 aromatic heterocycles. The van der Waals surface area contributed by atoms with E-state index in [1.54, 1.807) is 6.20 Å². The molecule has 2 heterocycles. The van der Waals surface area contributed by atoms with Crippen LogP contribution in [0.2, 0.25) is 0 Å². The van der Waals surface area contributed by atoms with Gasteiger partial charge in [-0.1, -0.05) is 54.6 Å². The first-order chi connectivity index (χ1) is 12.9. The monoisotopic (exact) mass is 359 g/mol. The summed E-state index contributed by atoms with van der Waals surface area (Å²) in [5.41, 5.74) is 2.28. The van der Waals surface area contributed by atoms with Gasteiger partial charge in [0.25, 0.3) is 0 Å². The van der Waals surface area contributed by atoms with E-state index in [1.165, 1.54) is 0 Å². The molecule has 0 spiro atoms. The van der Waals surface area contributed by atoms with E-state index in [2.05, 4.69) is 4.98 Å². The number of para-hydroxylation sites is 3. The van der Waals surface area contributed by atoms with Crippen LogP contribution >= 0.6 is 8.24 Å². The van der Waals surface area contributed by atoms with Crippen LogP contribution < -0.4 is 4.52 Å². The average molecular weight is 359 g/mol. The largest absolute Gasteiger partial charge is 0.453 e. The van der Waals surface area contributed by atoms with Gasteiger partial charge in [0.2, 0.25) is 0 Å². The molecule has 0 amide bonds. The molecule has 0 radical (unpaired) electrons. The van der Waals surface area contributed by atoms with Gasteiger partial charge in [0.15, 0.2) is 5.75 Å². The van der Waals surface area contributed by atoms with E-state index < -0.39 is 8.24 Å². The topological polar surface area (TPSA) is 48.4 Å². The van der Waals surface area contributed by atoms with Gasteiger partial charge < -0.3 is 12.9 Å². The Morgan fingerprint density at radius 3 is 2.08 bits per heavy atom. The molecule has 126 valence electrons. The van der Waals surface area contributed by atoms with Crippen LogP contribution in [-0.2, 0) is 0 Å². The third kappa shape index (κ3) is 2.61. The van der Waals surface area contributed by atoms with Crippen LogP contribution in [0.5, 0.6) is 5.75 Å². The fourth-order valence-corrected chi connectivity index (χ4v) is 4.04. The van der Waals surface area contributed by atoms with E-state index in [9.17, 15) is 0 Å². The van der Waals surface area contributed by atoms with Crippen LogP contribution in [0.15, 0.2) is 93.5 Å². The van der Waals surface area contributed by atoms with Crippen molar-refractivity contribution in [3.05, 3.63) is 85.1 Å². The Morgan fingerprint density at radius 2 is 1.35 bits per heavy atom. The van der Waals surface area contributed by atoms with Crippen LogP contribution in [0, 0.1) is 0 Å².